The molecule has 0 aliphatic carbocycles. The summed E-state index contributed by atoms with van der Waals surface area (Å²) in [4.78, 5) is 38.3. The molecule has 30 heavy (non-hydrogen) atoms. The van der Waals surface area contributed by atoms with Gasteiger partial charge in [0.15, 0.2) is 11.5 Å². The van der Waals surface area contributed by atoms with Crippen LogP contribution in [-0.2, 0) is 4.79 Å². The van der Waals surface area contributed by atoms with Crippen molar-refractivity contribution in [3.63, 3.8) is 0 Å². The number of hydrogen-bond acceptors (Lipinski definition) is 6. The first kappa shape index (κ1) is 20.8. The van der Waals surface area contributed by atoms with Crippen molar-refractivity contribution in [2.24, 2.45) is 0 Å². The Hall–Kier alpha value is -3.88. The number of benzene rings is 1. The van der Waals surface area contributed by atoms with Crippen molar-refractivity contribution < 1.29 is 19.2 Å². The Morgan fingerprint density at radius 1 is 1.33 bits per heavy atom. The van der Waals surface area contributed by atoms with Crippen molar-refractivity contribution in [1.82, 2.24) is 9.47 Å². The molecular formula is C21H21N3O6. The molecule has 1 aromatic heterocycles. The van der Waals surface area contributed by atoms with Crippen LogP contribution < -0.4 is 15.0 Å². The summed E-state index contributed by atoms with van der Waals surface area (Å²) in [6.07, 6.45) is 2.77. The maximum Gasteiger partial charge on any atom is 0.280 e. The number of fused-ring (bicyclic) bond motifs is 1. The topological polar surface area (TPSA) is 104 Å². The molecule has 1 aliphatic heterocycles. The third-order valence-electron chi connectivity index (χ3n) is 4.44. The predicted octanol–water partition coefficient (Wildman–Crippen LogP) is 2.91. The molecule has 156 valence electrons. The van der Waals surface area contributed by atoms with Crippen molar-refractivity contribution >= 4 is 23.4 Å². The van der Waals surface area contributed by atoms with E-state index in [1.165, 1.54) is 35.4 Å². The summed E-state index contributed by atoms with van der Waals surface area (Å²) in [7, 11) is 0. The van der Waals surface area contributed by atoms with E-state index in [2.05, 4.69) is 6.58 Å². The van der Waals surface area contributed by atoms with Gasteiger partial charge in [-0.1, -0.05) is 18.2 Å². The molecule has 0 radical (unpaired) electrons. The molecule has 0 fully saturated rings. The Morgan fingerprint density at radius 2 is 2.03 bits per heavy atom. The van der Waals surface area contributed by atoms with Gasteiger partial charge in [0.1, 0.15) is 5.70 Å². The van der Waals surface area contributed by atoms with Crippen molar-refractivity contribution in [2.45, 2.75) is 13.8 Å². The van der Waals surface area contributed by atoms with E-state index in [1.54, 1.807) is 26.0 Å². The molecule has 2 heterocycles. The summed E-state index contributed by atoms with van der Waals surface area (Å²) in [6, 6.07) is 7.14. The van der Waals surface area contributed by atoms with E-state index in [9.17, 15) is 19.7 Å². The summed E-state index contributed by atoms with van der Waals surface area (Å²) < 4.78 is 11.7. The highest BCUT2D eigenvalue weighted by molar-refractivity contribution is 6.18. The summed E-state index contributed by atoms with van der Waals surface area (Å²) in [5.74, 6) is 0.121. The first-order chi connectivity index (χ1) is 14.3. The Kier molecular flexibility index (Phi) is 6.01. The summed E-state index contributed by atoms with van der Waals surface area (Å²) in [6.45, 7) is 8.03. The molecule has 0 bridgehead atoms. The lowest BCUT2D eigenvalue weighted by Gasteiger charge is -2.23. The molecule has 1 amide bonds. The minimum Gasteiger partial charge on any atom is -0.454 e. The third kappa shape index (κ3) is 4.24. The molecule has 3 rings (SSSR count). The number of aromatic nitrogens is 1. The number of hydrogen-bond donors (Lipinski definition) is 0. The van der Waals surface area contributed by atoms with Crippen LogP contribution in [0.3, 0.4) is 0 Å². The number of nitro benzene ring substituents is 1. The van der Waals surface area contributed by atoms with E-state index < -0.39 is 16.4 Å². The first-order valence-corrected chi connectivity index (χ1v) is 9.23. The van der Waals surface area contributed by atoms with Gasteiger partial charge >= 0.3 is 0 Å². The largest absolute Gasteiger partial charge is 0.454 e. The van der Waals surface area contributed by atoms with Crippen LogP contribution in [-0.4, -0.2) is 40.2 Å². The van der Waals surface area contributed by atoms with E-state index in [-0.39, 0.29) is 36.0 Å². The monoisotopic (exact) mass is 411 g/mol. The Morgan fingerprint density at radius 3 is 2.63 bits per heavy atom. The standard InChI is InChI=1S/C21H21N3O6/c1-4-22(12-14(2)3)21(26)17(23-8-6-5-7-20(23)25)9-15-10-18-19(30-13-29-18)11-16(15)24(27)28/h5-11H,2,4,12-13H2,1,3H3/b17-9+. The van der Waals surface area contributed by atoms with Crippen molar-refractivity contribution in [3.05, 3.63) is 74.7 Å². The zero-order valence-electron chi connectivity index (χ0n) is 16.7. The lowest BCUT2D eigenvalue weighted by molar-refractivity contribution is -0.385. The lowest BCUT2D eigenvalue weighted by Crippen LogP contribution is -2.36. The van der Waals surface area contributed by atoms with Crippen molar-refractivity contribution in [3.8, 4) is 11.5 Å². The molecule has 1 aliphatic rings. The molecule has 2 aromatic rings. The highest BCUT2D eigenvalue weighted by Crippen LogP contribution is 2.39. The van der Waals surface area contributed by atoms with Crippen molar-refractivity contribution in [2.75, 3.05) is 19.9 Å². The maximum atomic E-state index is 13.3. The van der Waals surface area contributed by atoms with Crippen LogP contribution in [0.15, 0.2) is 53.5 Å². The molecular weight excluding hydrogens is 390 g/mol. The molecule has 0 saturated heterocycles. The third-order valence-corrected chi connectivity index (χ3v) is 4.44. The van der Waals surface area contributed by atoms with E-state index >= 15 is 0 Å². The van der Waals surface area contributed by atoms with Gasteiger partial charge in [0, 0.05) is 25.4 Å². The number of likely N-dealkylation sites (N-methyl/N-ethyl adjacent to an activating group) is 1. The van der Waals surface area contributed by atoms with E-state index in [0.717, 1.165) is 10.1 Å². The number of carbonyl (C=O) groups is 1. The molecule has 9 nitrogen and oxygen atoms in total. The zero-order valence-corrected chi connectivity index (χ0v) is 16.7. The second-order valence-corrected chi connectivity index (χ2v) is 6.74. The lowest BCUT2D eigenvalue weighted by atomic mass is 10.1. The second kappa shape index (κ2) is 8.64. The number of nitro groups is 1. The normalized spacial score (nSPS) is 12.5. The van der Waals surface area contributed by atoms with Crippen LogP contribution in [0.2, 0.25) is 0 Å². The Bertz CT molecular complexity index is 1100. The molecule has 0 unspecified atom stereocenters. The number of ether oxygens (including phenoxy) is 2. The number of pyridine rings is 1. The van der Waals surface area contributed by atoms with E-state index in [1.807, 2.05) is 0 Å². The van der Waals surface area contributed by atoms with Gasteiger partial charge in [-0.3, -0.25) is 24.3 Å². The fourth-order valence-electron chi connectivity index (χ4n) is 3.04. The van der Waals surface area contributed by atoms with Crippen LogP contribution in [0, 0.1) is 10.1 Å². The van der Waals surface area contributed by atoms with Crippen LogP contribution in [0.4, 0.5) is 5.69 Å². The average Bonchev–Trinajstić information content (AvgIpc) is 3.17. The quantitative estimate of drug-likeness (QED) is 0.300. The van der Waals surface area contributed by atoms with E-state index in [4.69, 9.17) is 9.47 Å². The second-order valence-electron chi connectivity index (χ2n) is 6.74. The fourth-order valence-corrected chi connectivity index (χ4v) is 3.04. The van der Waals surface area contributed by atoms with Crippen LogP contribution in [0.5, 0.6) is 11.5 Å². The molecule has 0 atom stereocenters. The highest BCUT2D eigenvalue weighted by atomic mass is 16.7. The van der Waals surface area contributed by atoms with Gasteiger partial charge in [-0.15, -0.1) is 0 Å². The van der Waals surface area contributed by atoms with Gasteiger partial charge in [-0.2, -0.15) is 0 Å². The zero-order chi connectivity index (χ0) is 21.8. The van der Waals surface area contributed by atoms with Crippen LogP contribution >= 0.6 is 0 Å². The summed E-state index contributed by atoms with van der Waals surface area (Å²) in [5, 5.41) is 11.6. The average molecular weight is 411 g/mol. The van der Waals surface area contributed by atoms with Gasteiger partial charge in [-0.05, 0) is 32.1 Å². The van der Waals surface area contributed by atoms with Gasteiger partial charge < -0.3 is 14.4 Å². The molecule has 0 spiro atoms. The Labute approximate surface area is 172 Å². The fraction of sp³-hybridized carbons (Fsp3) is 0.238. The molecule has 9 heteroatoms. The highest BCUT2D eigenvalue weighted by Gasteiger charge is 2.25. The van der Waals surface area contributed by atoms with Crippen molar-refractivity contribution in [1.29, 1.82) is 0 Å². The van der Waals surface area contributed by atoms with Gasteiger partial charge in [0.2, 0.25) is 6.79 Å². The number of nitrogens with zero attached hydrogens (tertiary/aromatic N) is 3. The minimum absolute atomic E-state index is 0.0225. The van der Waals surface area contributed by atoms with Gasteiger partial charge in [0.05, 0.1) is 16.6 Å². The SMILES string of the molecule is C=C(C)CN(CC)C(=O)/C(=C\c1cc2c(cc1[N+](=O)[O-])OCO2)n1ccccc1=O. The van der Waals surface area contributed by atoms with Gasteiger partial charge in [-0.25, -0.2) is 0 Å². The first-order valence-electron chi connectivity index (χ1n) is 9.23. The van der Waals surface area contributed by atoms with Crippen LogP contribution in [0.25, 0.3) is 11.8 Å². The molecule has 0 N–H and O–H groups in total. The molecule has 1 aromatic carbocycles. The van der Waals surface area contributed by atoms with E-state index in [0.29, 0.717) is 12.3 Å². The number of rotatable bonds is 7. The smallest absolute Gasteiger partial charge is 0.280 e. The Balaban J connectivity index is 2.21. The number of carbonyl (C=O) groups excluding carboxylic acids is 1. The summed E-state index contributed by atoms with van der Waals surface area (Å²) in [5.41, 5.74) is 0.155. The summed E-state index contributed by atoms with van der Waals surface area (Å²) >= 11 is 0. The minimum atomic E-state index is -0.574. The maximum absolute atomic E-state index is 13.3. The van der Waals surface area contributed by atoms with Gasteiger partial charge in [0.25, 0.3) is 17.2 Å². The number of amides is 1. The van der Waals surface area contributed by atoms with Crippen LogP contribution in [0.1, 0.15) is 19.4 Å². The predicted molar refractivity (Wildman–Crippen MR) is 111 cm³/mol. The molecule has 0 saturated carbocycles.